The van der Waals surface area contributed by atoms with Crippen LogP contribution in [0, 0.1) is 0 Å². The van der Waals surface area contributed by atoms with Gasteiger partial charge in [-0.25, -0.2) is 13.1 Å². The Labute approximate surface area is 104 Å². The predicted molar refractivity (Wildman–Crippen MR) is 61.1 cm³/mol. The van der Waals surface area contributed by atoms with E-state index in [4.69, 9.17) is 11.6 Å². The standard InChI is InChI=1S/C9H11ClN2O4S/c1-16-9(13)8(10)6-12-17(14,15)7-3-2-4-11-5-7/h2-5,8,12H,6H2,1H3. The van der Waals surface area contributed by atoms with Crippen LogP contribution in [0.2, 0.25) is 0 Å². The van der Waals surface area contributed by atoms with Crippen molar-refractivity contribution in [2.24, 2.45) is 0 Å². The Balaban J connectivity index is 2.66. The predicted octanol–water partition coefficient (Wildman–Crippen LogP) is 0.140. The molecule has 1 unspecified atom stereocenters. The first kappa shape index (κ1) is 13.9. The molecule has 0 aliphatic heterocycles. The Morgan fingerprint density at radius 3 is 2.88 bits per heavy atom. The van der Waals surface area contributed by atoms with Crippen LogP contribution in [-0.2, 0) is 19.6 Å². The van der Waals surface area contributed by atoms with E-state index in [1.54, 1.807) is 0 Å². The largest absolute Gasteiger partial charge is 0.468 e. The molecule has 1 aromatic heterocycles. The summed E-state index contributed by atoms with van der Waals surface area (Å²) in [4.78, 5) is 14.7. The Hall–Kier alpha value is -1.18. The number of sulfonamides is 1. The zero-order chi connectivity index (χ0) is 12.9. The van der Waals surface area contributed by atoms with Crippen LogP contribution in [0.25, 0.3) is 0 Å². The number of alkyl halides is 1. The van der Waals surface area contributed by atoms with Crippen molar-refractivity contribution in [1.82, 2.24) is 9.71 Å². The van der Waals surface area contributed by atoms with Crippen LogP contribution >= 0.6 is 11.6 Å². The third-order valence-electron chi connectivity index (χ3n) is 1.85. The lowest BCUT2D eigenvalue weighted by Crippen LogP contribution is -2.34. The van der Waals surface area contributed by atoms with Crippen LogP contribution in [-0.4, -0.2) is 38.4 Å². The number of nitrogens with one attached hydrogen (secondary N) is 1. The highest BCUT2D eigenvalue weighted by atomic mass is 35.5. The van der Waals surface area contributed by atoms with Gasteiger partial charge in [0.2, 0.25) is 10.0 Å². The van der Waals surface area contributed by atoms with Gasteiger partial charge in [-0.15, -0.1) is 11.6 Å². The van der Waals surface area contributed by atoms with E-state index >= 15 is 0 Å². The van der Waals surface area contributed by atoms with Crippen molar-refractivity contribution in [2.45, 2.75) is 10.3 Å². The molecule has 0 amide bonds. The monoisotopic (exact) mass is 278 g/mol. The number of aromatic nitrogens is 1. The molecule has 6 nitrogen and oxygen atoms in total. The molecule has 1 N–H and O–H groups in total. The molecule has 0 radical (unpaired) electrons. The molecule has 1 heterocycles. The minimum Gasteiger partial charge on any atom is -0.468 e. The smallest absolute Gasteiger partial charge is 0.325 e. The van der Waals surface area contributed by atoms with Gasteiger partial charge in [-0.05, 0) is 12.1 Å². The number of esters is 1. The van der Waals surface area contributed by atoms with E-state index in [1.807, 2.05) is 0 Å². The second kappa shape index (κ2) is 5.95. The quantitative estimate of drug-likeness (QED) is 0.612. The number of rotatable bonds is 5. The zero-order valence-electron chi connectivity index (χ0n) is 8.96. The van der Waals surface area contributed by atoms with Crippen molar-refractivity contribution in [3.05, 3.63) is 24.5 Å². The van der Waals surface area contributed by atoms with E-state index in [2.05, 4.69) is 14.4 Å². The molecule has 0 bridgehead atoms. The van der Waals surface area contributed by atoms with E-state index in [0.29, 0.717) is 0 Å². The molecular weight excluding hydrogens is 268 g/mol. The number of hydrogen-bond donors (Lipinski definition) is 1. The highest BCUT2D eigenvalue weighted by Crippen LogP contribution is 2.06. The van der Waals surface area contributed by atoms with Crippen molar-refractivity contribution >= 4 is 27.6 Å². The first-order valence-electron chi connectivity index (χ1n) is 4.59. The van der Waals surface area contributed by atoms with Crippen molar-refractivity contribution < 1.29 is 17.9 Å². The zero-order valence-corrected chi connectivity index (χ0v) is 10.5. The molecule has 0 saturated heterocycles. The van der Waals surface area contributed by atoms with Crippen molar-refractivity contribution in [3.63, 3.8) is 0 Å². The molecular formula is C9H11ClN2O4S. The lowest BCUT2D eigenvalue weighted by molar-refractivity contribution is -0.140. The van der Waals surface area contributed by atoms with Crippen molar-refractivity contribution in [3.8, 4) is 0 Å². The number of methoxy groups -OCH3 is 1. The summed E-state index contributed by atoms with van der Waals surface area (Å²) in [6, 6.07) is 2.88. The molecule has 1 rings (SSSR count). The van der Waals surface area contributed by atoms with Crippen molar-refractivity contribution in [2.75, 3.05) is 13.7 Å². The molecule has 1 aromatic rings. The van der Waals surface area contributed by atoms with Gasteiger partial charge in [0, 0.05) is 18.9 Å². The summed E-state index contributed by atoms with van der Waals surface area (Å²) in [7, 11) is -2.53. The van der Waals surface area contributed by atoms with Crippen LogP contribution in [0.3, 0.4) is 0 Å². The average molecular weight is 279 g/mol. The maximum atomic E-state index is 11.7. The summed E-state index contributed by atoms with van der Waals surface area (Å²) in [5, 5.41) is -1.06. The second-order valence-corrected chi connectivity index (χ2v) is 5.33. The molecule has 0 aliphatic rings. The molecule has 0 fully saturated rings. The third-order valence-corrected chi connectivity index (χ3v) is 3.60. The molecule has 94 valence electrons. The molecule has 0 aliphatic carbocycles. The summed E-state index contributed by atoms with van der Waals surface area (Å²) < 4.78 is 29.9. The lowest BCUT2D eigenvalue weighted by atomic mass is 10.4. The highest BCUT2D eigenvalue weighted by molar-refractivity contribution is 7.89. The average Bonchev–Trinajstić information content (AvgIpc) is 2.36. The summed E-state index contributed by atoms with van der Waals surface area (Å²) in [5.41, 5.74) is 0. The molecule has 8 heteroatoms. The van der Waals surface area contributed by atoms with Gasteiger partial charge in [-0.1, -0.05) is 0 Å². The lowest BCUT2D eigenvalue weighted by Gasteiger charge is -2.09. The normalized spacial score (nSPS) is 13.1. The maximum absolute atomic E-state index is 11.7. The summed E-state index contributed by atoms with van der Waals surface area (Å²) in [6.07, 6.45) is 2.65. The van der Waals surface area contributed by atoms with Gasteiger partial charge in [-0.2, -0.15) is 0 Å². The Bertz CT molecular complexity index is 477. The Kier molecular flexibility index (Phi) is 4.86. The number of carbonyl (C=O) groups excluding carboxylic acids is 1. The number of nitrogens with zero attached hydrogens (tertiary/aromatic N) is 1. The SMILES string of the molecule is COC(=O)C(Cl)CNS(=O)(=O)c1cccnc1. The first-order valence-corrected chi connectivity index (χ1v) is 6.51. The van der Waals surface area contributed by atoms with Gasteiger partial charge in [-0.3, -0.25) is 9.78 Å². The molecule has 0 spiro atoms. The van der Waals surface area contributed by atoms with Crippen LogP contribution in [0.15, 0.2) is 29.4 Å². The van der Waals surface area contributed by atoms with E-state index < -0.39 is 21.4 Å². The fourth-order valence-corrected chi connectivity index (χ4v) is 2.25. The number of pyridine rings is 1. The van der Waals surface area contributed by atoms with Crippen LogP contribution in [0.1, 0.15) is 0 Å². The number of halogens is 1. The van der Waals surface area contributed by atoms with Gasteiger partial charge in [0.1, 0.15) is 10.3 Å². The van der Waals surface area contributed by atoms with E-state index in [0.717, 1.165) is 0 Å². The van der Waals surface area contributed by atoms with Gasteiger partial charge in [0.15, 0.2) is 0 Å². The van der Waals surface area contributed by atoms with Gasteiger partial charge in [0.25, 0.3) is 0 Å². The Morgan fingerprint density at radius 2 is 2.35 bits per heavy atom. The van der Waals surface area contributed by atoms with E-state index in [9.17, 15) is 13.2 Å². The fraction of sp³-hybridized carbons (Fsp3) is 0.333. The van der Waals surface area contributed by atoms with E-state index in [-0.39, 0.29) is 11.4 Å². The van der Waals surface area contributed by atoms with Gasteiger partial charge in [0.05, 0.1) is 7.11 Å². The first-order chi connectivity index (χ1) is 7.97. The summed E-state index contributed by atoms with van der Waals surface area (Å²) in [5.74, 6) is -0.694. The minimum atomic E-state index is -3.70. The van der Waals surface area contributed by atoms with Crippen LogP contribution in [0.5, 0.6) is 0 Å². The van der Waals surface area contributed by atoms with Crippen LogP contribution in [0.4, 0.5) is 0 Å². The second-order valence-electron chi connectivity index (χ2n) is 3.03. The summed E-state index contributed by atoms with van der Waals surface area (Å²) in [6.45, 7) is -0.245. The molecule has 0 saturated carbocycles. The molecule has 1 atom stereocenters. The van der Waals surface area contributed by atoms with E-state index in [1.165, 1.54) is 31.6 Å². The number of hydrogen-bond acceptors (Lipinski definition) is 5. The summed E-state index contributed by atoms with van der Waals surface area (Å²) >= 11 is 5.61. The topological polar surface area (TPSA) is 85.4 Å². The minimum absolute atomic E-state index is 0.00809. The fourth-order valence-electron chi connectivity index (χ4n) is 0.983. The van der Waals surface area contributed by atoms with Crippen molar-refractivity contribution in [1.29, 1.82) is 0 Å². The highest BCUT2D eigenvalue weighted by Gasteiger charge is 2.20. The Morgan fingerprint density at radius 1 is 1.65 bits per heavy atom. The number of carbonyl (C=O) groups is 1. The van der Waals surface area contributed by atoms with Gasteiger partial charge < -0.3 is 4.74 Å². The van der Waals surface area contributed by atoms with Crippen LogP contribution < -0.4 is 4.72 Å². The third kappa shape index (κ3) is 3.95. The molecule has 0 aromatic carbocycles. The number of ether oxygens (including phenoxy) is 1. The van der Waals surface area contributed by atoms with Gasteiger partial charge >= 0.3 is 5.97 Å². The maximum Gasteiger partial charge on any atom is 0.325 e. The molecule has 17 heavy (non-hydrogen) atoms.